The molecule has 1 atom stereocenters. The van der Waals surface area contributed by atoms with E-state index < -0.39 is 0 Å². The molecular formula is C12H16N4O. The Morgan fingerprint density at radius 2 is 2.29 bits per heavy atom. The summed E-state index contributed by atoms with van der Waals surface area (Å²) in [5, 5.41) is 9.57. The lowest BCUT2D eigenvalue weighted by molar-refractivity contribution is 0.198. The number of imidazole rings is 1. The van der Waals surface area contributed by atoms with Crippen LogP contribution in [0, 0.1) is 0 Å². The van der Waals surface area contributed by atoms with Crippen LogP contribution in [0.4, 0.5) is 11.6 Å². The predicted molar refractivity (Wildman–Crippen MR) is 68.0 cm³/mol. The number of fused-ring (bicyclic) bond motifs is 1. The highest BCUT2D eigenvalue weighted by Crippen LogP contribution is 2.25. The number of nitrogen functional groups attached to an aromatic ring is 1. The van der Waals surface area contributed by atoms with E-state index >= 15 is 0 Å². The molecule has 1 aliphatic rings. The molecule has 0 unspecified atom stereocenters. The van der Waals surface area contributed by atoms with Crippen molar-refractivity contribution in [3.05, 3.63) is 18.2 Å². The summed E-state index contributed by atoms with van der Waals surface area (Å²) < 4.78 is 2.03. The fourth-order valence-corrected chi connectivity index (χ4v) is 2.40. The summed E-state index contributed by atoms with van der Waals surface area (Å²) in [6.07, 6.45) is 0.575. The maximum Gasteiger partial charge on any atom is 0.206 e. The molecule has 3 N–H and O–H groups in total. The standard InChI is InChI=1S/C12H16N4O/c1-15-11-6-8(13)2-3-10(11)14-12(15)16-5-4-9(17)7-16/h2-3,6,9,17H,4-5,7,13H2,1H3/t9-/m0/s1. The highest BCUT2D eigenvalue weighted by Gasteiger charge is 2.24. The zero-order valence-electron chi connectivity index (χ0n) is 9.80. The molecule has 5 heteroatoms. The predicted octanol–water partition coefficient (Wildman–Crippen LogP) is 0.726. The van der Waals surface area contributed by atoms with Crippen LogP contribution >= 0.6 is 0 Å². The highest BCUT2D eigenvalue weighted by molar-refractivity contribution is 5.82. The van der Waals surface area contributed by atoms with Crippen molar-refractivity contribution in [2.75, 3.05) is 23.7 Å². The van der Waals surface area contributed by atoms with Gasteiger partial charge < -0.3 is 20.3 Å². The third-order valence-electron chi connectivity index (χ3n) is 3.33. The molecule has 1 fully saturated rings. The summed E-state index contributed by atoms with van der Waals surface area (Å²) in [5.74, 6) is 0.905. The minimum atomic E-state index is -0.236. The van der Waals surface area contributed by atoms with Crippen LogP contribution in [0.15, 0.2) is 18.2 Å². The SMILES string of the molecule is Cn1c(N2CC[C@H](O)C2)nc2ccc(N)cc21. The zero-order valence-corrected chi connectivity index (χ0v) is 9.80. The van der Waals surface area contributed by atoms with Crippen LogP contribution < -0.4 is 10.6 Å². The van der Waals surface area contributed by atoms with Crippen molar-refractivity contribution in [1.82, 2.24) is 9.55 Å². The number of anilines is 2. The van der Waals surface area contributed by atoms with Gasteiger partial charge in [0.15, 0.2) is 0 Å². The number of β-amino-alcohol motifs (C(OH)–C–C–N with tert-alkyl or cyclic N) is 1. The number of aryl methyl sites for hydroxylation is 1. The van der Waals surface area contributed by atoms with Gasteiger partial charge in [-0.1, -0.05) is 0 Å². The van der Waals surface area contributed by atoms with Crippen LogP contribution in [0.3, 0.4) is 0 Å². The number of aromatic nitrogens is 2. The molecule has 2 heterocycles. The van der Waals surface area contributed by atoms with E-state index in [2.05, 4.69) is 9.88 Å². The lowest BCUT2D eigenvalue weighted by Gasteiger charge is -2.16. The van der Waals surface area contributed by atoms with Gasteiger partial charge in [0.05, 0.1) is 17.1 Å². The number of aliphatic hydroxyl groups is 1. The van der Waals surface area contributed by atoms with Crippen molar-refractivity contribution in [1.29, 1.82) is 0 Å². The molecule has 1 saturated heterocycles. The average molecular weight is 232 g/mol. The van der Waals surface area contributed by atoms with Gasteiger partial charge in [0.25, 0.3) is 0 Å². The topological polar surface area (TPSA) is 67.3 Å². The Balaban J connectivity index is 2.08. The maximum absolute atomic E-state index is 9.57. The lowest BCUT2D eigenvalue weighted by atomic mass is 10.3. The second-order valence-electron chi connectivity index (χ2n) is 4.61. The van der Waals surface area contributed by atoms with Crippen molar-refractivity contribution in [2.24, 2.45) is 7.05 Å². The Morgan fingerprint density at radius 3 is 3.00 bits per heavy atom. The van der Waals surface area contributed by atoms with Crippen LogP contribution in [-0.2, 0) is 7.05 Å². The Morgan fingerprint density at radius 1 is 1.47 bits per heavy atom. The van der Waals surface area contributed by atoms with Crippen LogP contribution in [0.25, 0.3) is 11.0 Å². The molecular weight excluding hydrogens is 216 g/mol. The summed E-state index contributed by atoms with van der Waals surface area (Å²) in [7, 11) is 1.98. The highest BCUT2D eigenvalue weighted by atomic mass is 16.3. The van der Waals surface area contributed by atoms with Gasteiger partial charge in [-0.05, 0) is 24.6 Å². The first kappa shape index (κ1) is 10.4. The molecule has 0 saturated carbocycles. The summed E-state index contributed by atoms with van der Waals surface area (Å²) in [6.45, 7) is 1.51. The second-order valence-corrected chi connectivity index (χ2v) is 4.61. The van der Waals surface area contributed by atoms with Crippen molar-refractivity contribution < 1.29 is 5.11 Å². The van der Waals surface area contributed by atoms with E-state index in [1.165, 1.54) is 0 Å². The fourth-order valence-electron chi connectivity index (χ4n) is 2.40. The monoisotopic (exact) mass is 232 g/mol. The normalized spacial score (nSPS) is 20.4. The van der Waals surface area contributed by atoms with Gasteiger partial charge >= 0.3 is 0 Å². The summed E-state index contributed by atoms with van der Waals surface area (Å²) in [4.78, 5) is 6.70. The van der Waals surface area contributed by atoms with Crippen LogP contribution in [-0.4, -0.2) is 33.9 Å². The van der Waals surface area contributed by atoms with E-state index in [9.17, 15) is 5.11 Å². The van der Waals surface area contributed by atoms with Crippen molar-refractivity contribution in [3.63, 3.8) is 0 Å². The number of nitrogens with zero attached hydrogens (tertiary/aromatic N) is 3. The van der Waals surface area contributed by atoms with Crippen molar-refractivity contribution >= 4 is 22.7 Å². The number of benzene rings is 1. The van der Waals surface area contributed by atoms with Gasteiger partial charge in [-0.3, -0.25) is 0 Å². The summed E-state index contributed by atoms with van der Waals surface area (Å²) in [5.41, 5.74) is 8.50. The third kappa shape index (κ3) is 1.63. The van der Waals surface area contributed by atoms with Gasteiger partial charge in [-0.2, -0.15) is 0 Å². The molecule has 0 radical (unpaired) electrons. The maximum atomic E-state index is 9.57. The van der Waals surface area contributed by atoms with Crippen LogP contribution in [0.2, 0.25) is 0 Å². The molecule has 17 heavy (non-hydrogen) atoms. The van der Waals surface area contributed by atoms with Gasteiger partial charge in [0, 0.05) is 25.8 Å². The fraction of sp³-hybridized carbons (Fsp3) is 0.417. The first-order valence-electron chi connectivity index (χ1n) is 5.80. The summed E-state index contributed by atoms with van der Waals surface area (Å²) in [6, 6.07) is 5.72. The van der Waals surface area contributed by atoms with E-state index in [-0.39, 0.29) is 6.10 Å². The molecule has 0 bridgehead atoms. The van der Waals surface area contributed by atoms with Crippen molar-refractivity contribution in [2.45, 2.75) is 12.5 Å². The second kappa shape index (κ2) is 3.63. The Hall–Kier alpha value is -1.75. The molecule has 1 aromatic heterocycles. The molecule has 3 rings (SSSR count). The van der Waals surface area contributed by atoms with E-state index in [4.69, 9.17) is 5.73 Å². The molecule has 1 aromatic carbocycles. The first-order valence-corrected chi connectivity index (χ1v) is 5.80. The zero-order chi connectivity index (χ0) is 12.0. The number of rotatable bonds is 1. The smallest absolute Gasteiger partial charge is 0.206 e. The van der Waals surface area contributed by atoms with Gasteiger partial charge in [0.1, 0.15) is 0 Å². The molecule has 2 aromatic rings. The molecule has 5 nitrogen and oxygen atoms in total. The minimum absolute atomic E-state index is 0.236. The molecule has 0 amide bonds. The molecule has 0 aliphatic carbocycles. The van der Waals surface area contributed by atoms with E-state index in [0.717, 1.165) is 35.6 Å². The number of hydrogen-bond acceptors (Lipinski definition) is 4. The number of hydrogen-bond donors (Lipinski definition) is 2. The van der Waals surface area contributed by atoms with Gasteiger partial charge in [-0.25, -0.2) is 4.98 Å². The molecule has 90 valence electrons. The van der Waals surface area contributed by atoms with Gasteiger partial charge in [0.2, 0.25) is 5.95 Å². The first-order chi connectivity index (χ1) is 8.15. The minimum Gasteiger partial charge on any atom is -0.399 e. The summed E-state index contributed by atoms with van der Waals surface area (Å²) >= 11 is 0. The largest absolute Gasteiger partial charge is 0.399 e. The Labute approximate surface area is 99.5 Å². The Bertz CT molecular complexity index is 563. The molecule has 0 spiro atoms. The Kier molecular flexibility index (Phi) is 2.22. The van der Waals surface area contributed by atoms with Gasteiger partial charge in [-0.15, -0.1) is 0 Å². The average Bonchev–Trinajstić information content (AvgIpc) is 2.84. The van der Waals surface area contributed by atoms with Crippen LogP contribution in [0.5, 0.6) is 0 Å². The molecule has 1 aliphatic heterocycles. The van der Waals surface area contributed by atoms with E-state index in [0.29, 0.717) is 6.54 Å². The number of aliphatic hydroxyl groups excluding tert-OH is 1. The quantitative estimate of drug-likeness (QED) is 0.711. The lowest BCUT2D eigenvalue weighted by Crippen LogP contribution is -2.24. The van der Waals surface area contributed by atoms with Crippen molar-refractivity contribution in [3.8, 4) is 0 Å². The van der Waals surface area contributed by atoms with Crippen LogP contribution in [0.1, 0.15) is 6.42 Å². The van der Waals surface area contributed by atoms with E-state index in [1.54, 1.807) is 0 Å². The third-order valence-corrected chi connectivity index (χ3v) is 3.33. The van der Waals surface area contributed by atoms with E-state index in [1.807, 2.05) is 29.8 Å². The number of nitrogens with two attached hydrogens (primary N) is 1.